The molecule has 0 amide bonds. The van der Waals surface area contributed by atoms with Crippen LogP contribution in [0.3, 0.4) is 0 Å². The number of benzene rings is 1. The predicted octanol–water partition coefficient (Wildman–Crippen LogP) is 1.69. The van der Waals surface area contributed by atoms with E-state index < -0.39 is 16.1 Å². The van der Waals surface area contributed by atoms with E-state index in [1.165, 1.54) is 11.3 Å². The number of ether oxygens (including phenoxy) is 2. The Labute approximate surface area is 166 Å². The van der Waals surface area contributed by atoms with Crippen molar-refractivity contribution in [3.8, 4) is 11.3 Å². The molecular formula is C18H18N4O4S2. The summed E-state index contributed by atoms with van der Waals surface area (Å²) in [6.07, 6.45) is 1.24. The van der Waals surface area contributed by atoms with E-state index >= 15 is 0 Å². The van der Waals surface area contributed by atoms with E-state index in [1.54, 1.807) is 22.2 Å². The first-order chi connectivity index (χ1) is 13.6. The largest absolute Gasteiger partial charge is 0.371 e. The number of aromatic nitrogens is 3. The van der Waals surface area contributed by atoms with Crippen molar-refractivity contribution in [3.05, 3.63) is 54.0 Å². The molecule has 0 aliphatic carbocycles. The number of thiophene rings is 1. The Kier molecular flexibility index (Phi) is 4.52. The van der Waals surface area contributed by atoms with Crippen LogP contribution in [0.2, 0.25) is 0 Å². The Bertz CT molecular complexity index is 1050. The first-order valence-corrected chi connectivity index (χ1v) is 11.2. The molecule has 0 saturated carbocycles. The molecule has 2 aliphatic rings. The highest BCUT2D eigenvalue weighted by Gasteiger charge is 2.50. The normalized spacial score (nSPS) is 27.1. The fourth-order valence-electron chi connectivity index (χ4n) is 3.66. The smallest absolute Gasteiger partial charge is 0.250 e. The number of nitrogens with zero attached hydrogens (tertiary/aromatic N) is 3. The van der Waals surface area contributed by atoms with Gasteiger partial charge in [0.15, 0.2) is 0 Å². The average Bonchev–Trinajstić information content (AvgIpc) is 3.48. The first kappa shape index (κ1) is 18.0. The van der Waals surface area contributed by atoms with Gasteiger partial charge in [-0.1, -0.05) is 41.6 Å². The van der Waals surface area contributed by atoms with Gasteiger partial charge >= 0.3 is 0 Å². The molecule has 2 aliphatic heterocycles. The van der Waals surface area contributed by atoms with E-state index in [4.69, 9.17) is 9.47 Å². The molecule has 0 unspecified atom stereocenters. The summed E-state index contributed by atoms with van der Waals surface area (Å²) in [5.41, 5.74) is 1.76. The van der Waals surface area contributed by atoms with Gasteiger partial charge in [0.25, 0.3) is 0 Å². The lowest BCUT2D eigenvalue weighted by molar-refractivity contribution is 0.0624. The van der Waals surface area contributed by atoms with Gasteiger partial charge in [0.2, 0.25) is 10.0 Å². The van der Waals surface area contributed by atoms with Crippen molar-refractivity contribution in [2.45, 2.75) is 28.5 Å². The number of nitrogens with one attached hydrogen (secondary N) is 1. The maximum atomic E-state index is 12.5. The van der Waals surface area contributed by atoms with Gasteiger partial charge in [-0.25, -0.2) is 17.8 Å². The molecule has 3 aromatic rings. The third-order valence-corrected chi connectivity index (χ3v) is 7.90. The molecule has 0 spiro atoms. The van der Waals surface area contributed by atoms with Gasteiger partial charge in [-0.3, -0.25) is 0 Å². The van der Waals surface area contributed by atoms with Crippen molar-refractivity contribution >= 4 is 21.4 Å². The quantitative estimate of drug-likeness (QED) is 0.678. The third kappa shape index (κ3) is 3.16. The summed E-state index contributed by atoms with van der Waals surface area (Å²) < 4.78 is 41.6. The monoisotopic (exact) mass is 418 g/mol. The van der Waals surface area contributed by atoms with Gasteiger partial charge in [-0.2, -0.15) is 0 Å². The molecule has 146 valence electrons. The molecule has 10 heteroatoms. The maximum absolute atomic E-state index is 12.5. The minimum atomic E-state index is -3.58. The van der Waals surface area contributed by atoms with Crippen LogP contribution >= 0.6 is 11.3 Å². The Morgan fingerprint density at radius 1 is 1.07 bits per heavy atom. The van der Waals surface area contributed by atoms with E-state index in [2.05, 4.69) is 15.0 Å². The van der Waals surface area contributed by atoms with Crippen molar-refractivity contribution in [2.75, 3.05) is 13.2 Å². The summed E-state index contributed by atoms with van der Waals surface area (Å²) >= 11 is 1.18. The molecule has 28 heavy (non-hydrogen) atoms. The van der Waals surface area contributed by atoms with Gasteiger partial charge < -0.3 is 9.47 Å². The molecule has 5 rings (SSSR count). The summed E-state index contributed by atoms with van der Waals surface area (Å²) in [6.45, 7) is 0.654. The molecule has 2 saturated heterocycles. The van der Waals surface area contributed by atoms with E-state index in [0.717, 1.165) is 11.3 Å². The van der Waals surface area contributed by atoms with Crippen LogP contribution in [-0.4, -0.2) is 54.9 Å². The van der Waals surface area contributed by atoms with E-state index in [1.807, 2.05) is 36.5 Å². The molecular weight excluding hydrogens is 400 g/mol. The van der Waals surface area contributed by atoms with Crippen LogP contribution in [0.25, 0.3) is 11.3 Å². The minimum absolute atomic E-state index is 0.147. The van der Waals surface area contributed by atoms with Crippen molar-refractivity contribution in [1.29, 1.82) is 0 Å². The Morgan fingerprint density at radius 3 is 2.68 bits per heavy atom. The van der Waals surface area contributed by atoms with E-state index in [9.17, 15) is 8.42 Å². The Hall–Kier alpha value is -2.11. The fraction of sp³-hybridized carbons (Fsp3) is 0.333. The summed E-state index contributed by atoms with van der Waals surface area (Å²) in [5.74, 6) is 0. The Morgan fingerprint density at radius 2 is 1.89 bits per heavy atom. The topological polar surface area (TPSA) is 95.3 Å². The zero-order valence-electron chi connectivity index (χ0n) is 14.7. The lowest BCUT2D eigenvalue weighted by Gasteiger charge is -2.17. The first-order valence-electron chi connectivity index (χ1n) is 8.88. The molecule has 2 fully saturated rings. The predicted molar refractivity (Wildman–Crippen MR) is 102 cm³/mol. The number of fused-ring (bicyclic) bond motifs is 1. The fourth-order valence-corrected chi connectivity index (χ4v) is 5.90. The zero-order chi connectivity index (χ0) is 19.1. The molecule has 4 atom stereocenters. The van der Waals surface area contributed by atoms with Crippen LogP contribution in [0.5, 0.6) is 0 Å². The Balaban J connectivity index is 1.32. The number of rotatable bonds is 5. The molecule has 8 nitrogen and oxygen atoms in total. The average molecular weight is 419 g/mol. The summed E-state index contributed by atoms with van der Waals surface area (Å²) in [4.78, 5) is 0. The van der Waals surface area contributed by atoms with E-state index in [-0.39, 0.29) is 29.1 Å². The SMILES string of the molecule is O=S(=O)(N[C@H]1CO[C@H]2[C@H]1OC[C@H]2n1cc(-c2ccccc2)nn1)c1cccs1. The number of hydrogen-bond donors (Lipinski definition) is 1. The van der Waals surface area contributed by atoms with Crippen molar-refractivity contribution in [1.82, 2.24) is 19.7 Å². The zero-order valence-corrected chi connectivity index (χ0v) is 16.3. The van der Waals surface area contributed by atoms with Gasteiger partial charge in [0.05, 0.1) is 25.5 Å². The van der Waals surface area contributed by atoms with Crippen LogP contribution in [-0.2, 0) is 19.5 Å². The molecule has 0 radical (unpaired) electrons. The van der Waals surface area contributed by atoms with Crippen molar-refractivity contribution in [3.63, 3.8) is 0 Å². The molecule has 4 heterocycles. The molecule has 0 bridgehead atoms. The van der Waals surface area contributed by atoms with Crippen LogP contribution < -0.4 is 4.72 Å². The van der Waals surface area contributed by atoms with Gasteiger partial charge in [0, 0.05) is 5.56 Å². The molecule has 1 N–H and O–H groups in total. The van der Waals surface area contributed by atoms with Crippen molar-refractivity contribution in [2.24, 2.45) is 0 Å². The van der Waals surface area contributed by atoms with Crippen LogP contribution in [0.15, 0.2) is 58.3 Å². The minimum Gasteiger partial charge on any atom is -0.371 e. The summed E-state index contributed by atoms with van der Waals surface area (Å²) in [7, 11) is -3.58. The third-order valence-electron chi connectivity index (χ3n) is 5.01. The highest BCUT2D eigenvalue weighted by atomic mass is 32.2. The summed E-state index contributed by atoms with van der Waals surface area (Å²) in [6, 6.07) is 12.5. The second kappa shape index (κ2) is 7.05. The molecule has 2 aromatic heterocycles. The molecule has 1 aromatic carbocycles. The maximum Gasteiger partial charge on any atom is 0.250 e. The number of sulfonamides is 1. The van der Waals surface area contributed by atoms with Crippen LogP contribution in [0.4, 0.5) is 0 Å². The van der Waals surface area contributed by atoms with Gasteiger partial charge in [-0.15, -0.1) is 16.4 Å². The van der Waals surface area contributed by atoms with Crippen LogP contribution in [0, 0.1) is 0 Å². The van der Waals surface area contributed by atoms with Gasteiger partial charge in [0.1, 0.15) is 28.2 Å². The van der Waals surface area contributed by atoms with Crippen molar-refractivity contribution < 1.29 is 17.9 Å². The second-order valence-corrected chi connectivity index (χ2v) is 9.66. The lowest BCUT2D eigenvalue weighted by Crippen LogP contribution is -2.43. The lowest BCUT2D eigenvalue weighted by atomic mass is 10.1. The second-order valence-electron chi connectivity index (χ2n) is 6.77. The highest BCUT2D eigenvalue weighted by Crippen LogP contribution is 2.35. The van der Waals surface area contributed by atoms with Gasteiger partial charge in [-0.05, 0) is 11.4 Å². The number of hydrogen-bond acceptors (Lipinski definition) is 7. The van der Waals surface area contributed by atoms with E-state index in [0.29, 0.717) is 6.61 Å². The highest BCUT2D eigenvalue weighted by molar-refractivity contribution is 7.91. The summed E-state index contributed by atoms with van der Waals surface area (Å²) in [5, 5.41) is 10.2. The standard InChI is InChI=1S/C18H18N4O4S2/c23-28(24,16-7-4-8-27-16)20-14-10-25-18-15(11-26-17(14)18)22-9-13(19-21-22)12-5-2-1-3-6-12/h1-9,14-15,17-18,20H,10-11H2/t14-,15+,17-,18+/m0/s1. The van der Waals surface area contributed by atoms with Crippen LogP contribution in [0.1, 0.15) is 6.04 Å².